The molecule has 0 rings (SSSR count). The lowest BCUT2D eigenvalue weighted by atomic mass is 11.1. The zero-order valence-corrected chi connectivity index (χ0v) is 6.23. The van der Waals surface area contributed by atoms with Gasteiger partial charge < -0.3 is 5.73 Å². The Kier molecular flexibility index (Phi) is 2.09. The fourth-order valence-corrected chi connectivity index (χ4v) is 0.866. The van der Waals surface area contributed by atoms with Gasteiger partial charge in [-0.1, -0.05) is 25.3 Å². The molecule has 7 heavy (non-hydrogen) atoms. The Morgan fingerprint density at radius 3 is 1.71 bits per heavy atom. The second-order valence-corrected chi connectivity index (χ2v) is 7.79. The zero-order valence-electron chi connectivity index (χ0n) is 5.23. The molecule has 0 aliphatic carbocycles. The van der Waals surface area contributed by atoms with E-state index in [1.165, 1.54) is 0 Å². The molecule has 1 nitrogen and oxygen atoms in total. The highest BCUT2D eigenvalue weighted by atomic mass is 28.3. The third-order valence-corrected chi connectivity index (χ3v) is 1.79. The Morgan fingerprint density at radius 1 is 1.29 bits per heavy atom. The smallest absolute Gasteiger partial charge is 0.0705 e. The molecular formula is C5H13NSi. The third kappa shape index (κ3) is 5.76. The average Bonchev–Trinajstić information content (AvgIpc) is 1.30. The molecule has 2 heteroatoms. The monoisotopic (exact) mass is 115 g/mol. The van der Waals surface area contributed by atoms with Crippen LogP contribution in [0.5, 0.6) is 0 Å². The molecule has 0 aliphatic rings. The number of hydrogen-bond donors (Lipinski definition) is 1. The predicted molar refractivity (Wildman–Crippen MR) is 36.7 cm³/mol. The van der Waals surface area contributed by atoms with Gasteiger partial charge in [-0.05, 0) is 6.20 Å². The van der Waals surface area contributed by atoms with E-state index in [0.717, 1.165) is 0 Å². The summed E-state index contributed by atoms with van der Waals surface area (Å²) in [6.45, 7) is 6.74. The molecule has 0 saturated carbocycles. The fourth-order valence-electron chi connectivity index (χ4n) is 0.289. The van der Waals surface area contributed by atoms with Gasteiger partial charge in [0.25, 0.3) is 0 Å². The van der Waals surface area contributed by atoms with Gasteiger partial charge in [0.1, 0.15) is 0 Å². The first kappa shape index (κ1) is 6.76. The molecule has 0 aromatic heterocycles. The summed E-state index contributed by atoms with van der Waals surface area (Å²) in [6.07, 6.45) is 1.65. The summed E-state index contributed by atoms with van der Waals surface area (Å²) in [7, 11) is -0.963. The van der Waals surface area contributed by atoms with Crippen LogP contribution in [0.1, 0.15) is 0 Å². The second-order valence-electron chi connectivity index (χ2n) is 2.73. The minimum Gasteiger partial charge on any atom is -0.405 e. The van der Waals surface area contributed by atoms with E-state index in [-0.39, 0.29) is 0 Å². The Labute approximate surface area is 46.2 Å². The van der Waals surface area contributed by atoms with E-state index >= 15 is 0 Å². The molecule has 0 aromatic carbocycles. The Bertz CT molecular complexity index is 70.6. The molecule has 0 spiro atoms. The van der Waals surface area contributed by atoms with E-state index in [9.17, 15) is 0 Å². The molecule has 2 N–H and O–H groups in total. The van der Waals surface area contributed by atoms with Crippen molar-refractivity contribution in [3.8, 4) is 0 Å². The van der Waals surface area contributed by atoms with Crippen molar-refractivity contribution in [2.75, 3.05) is 0 Å². The molecule has 0 heterocycles. The first-order valence-corrected chi connectivity index (χ1v) is 6.03. The van der Waals surface area contributed by atoms with Crippen LogP contribution in [0.25, 0.3) is 0 Å². The normalized spacial score (nSPS) is 13.0. The molecular weight excluding hydrogens is 102 g/mol. The molecule has 0 aromatic rings. The maximum Gasteiger partial charge on any atom is 0.0705 e. The van der Waals surface area contributed by atoms with Crippen LogP contribution in [0.15, 0.2) is 11.9 Å². The summed E-state index contributed by atoms with van der Waals surface area (Å²) in [6, 6.07) is 0. The molecule has 0 aliphatic heterocycles. The molecule has 0 amide bonds. The largest absolute Gasteiger partial charge is 0.405 e. The Morgan fingerprint density at radius 2 is 1.71 bits per heavy atom. The highest BCUT2D eigenvalue weighted by Gasteiger charge is 2.05. The van der Waals surface area contributed by atoms with Crippen molar-refractivity contribution in [3.05, 3.63) is 11.9 Å². The van der Waals surface area contributed by atoms with Gasteiger partial charge in [-0.2, -0.15) is 0 Å². The summed E-state index contributed by atoms with van der Waals surface area (Å²) in [5.74, 6) is 0. The maximum atomic E-state index is 5.17. The highest BCUT2D eigenvalue weighted by molar-refractivity contribution is 6.80. The van der Waals surface area contributed by atoms with Crippen molar-refractivity contribution in [2.45, 2.75) is 19.6 Å². The van der Waals surface area contributed by atoms with Gasteiger partial charge in [-0.3, -0.25) is 0 Å². The lowest BCUT2D eigenvalue weighted by molar-refractivity contribution is 1.60. The third-order valence-electron chi connectivity index (χ3n) is 0.596. The summed E-state index contributed by atoms with van der Waals surface area (Å²) >= 11 is 0. The minimum absolute atomic E-state index is 0.963. The van der Waals surface area contributed by atoms with Gasteiger partial charge in [0.15, 0.2) is 0 Å². The topological polar surface area (TPSA) is 26.0 Å². The summed E-state index contributed by atoms with van der Waals surface area (Å²) in [4.78, 5) is 0. The van der Waals surface area contributed by atoms with Crippen molar-refractivity contribution >= 4 is 8.07 Å². The van der Waals surface area contributed by atoms with Crippen molar-refractivity contribution in [1.29, 1.82) is 0 Å². The maximum absolute atomic E-state index is 5.17. The average molecular weight is 115 g/mol. The van der Waals surface area contributed by atoms with Gasteiger partial charge in [0.05, 0.1) is 8.07 Å². The molecule has 0 atom stereocenters. The second kappa shape index (κ2) is 2.16. The quantitative estimate of drug-likeness (QED) is 0.513. The van der Waals surface area contributed by atoms with Crippen LogP contribution >= 0.6 is 0 Å². The zero-order chi connectivity index (χ0) is 5.91. The van der Waals surface area contributed by atoms with Crippen LogP contribution in [0.2, 0.25) is 19.6 Å². The lowest BCUT2D eigenvalue weighted by Crippen LogP contribution is -2.15. The minimum atomic E-state index is -0.963. The van der Waals surface area contributed by atoms with Gasteiger partial charge in [-0.15, -0.1) is 0 Å². The first-order chi connectivity index (χ1) is 3.06. The van der Waals surface area contributed by atoms with Gasteiger partial charge >= 0.3 is 0 Å². The van der Waals surface area contributed by atoms with E-state index in [2.05, 4.69) is 25.3 Å². The van der Waals surface area contributed by atoms with Crippen molar-refractivity contribution in [1.82, 2.24) is 0 Å². The van der Waals surface area contributed by atoms with Crippen molar-refractivity contribution in [3.63, 3.8) is 0 Å². The standard InChI is InChI=1S/C5H13NSi/c1-7(2,3)5-4-6/h4-5H,6H2,1-3H3/b5-4+. The van der Waals surface area contributed by atoms with Crippen LogP contribution in [0, 0.1) is 0 Å². The van der Waals surface area contributed by atoms with Crippen LogP contribution < -0.4 is 5.73 Å². The van der Waals surface area contributed by atoms with Crippen molar-refractivity contribution < 1.29 is 0 Å². The predicted octanol–water partition coefficient (Wildman–Crippen LogP) is 1.34. The van der Waals surface area contributed by atoms with E-state index in [1.807, 2.05) is 0 Å². The Hall–Kier alpha value is -0.243. The summed E-state index contributed by atoms with van der Waals surface area (Å²) < 4.78 is 0. The van der Waals surface area contributed by atoms with E-state index in [0.29, 0.717) is 0 Å². The SMILES string of the molecule is C[Si](C)(C)/C=C/N. The van der Waals surface area contributed by atoms with Crippen molar-refractivity contribution in [2.24, 2.45) is 5.73 Å². The summed E-state index contributed by atoms with van der Waals surface area (Å²) in [5, 5.41) is 0. The molecule has 0 fully saturated rings. The fraction of sp³-hybridized carbons (Fsp3) is 0.600. The van der Waals surface area contributed by atoms with Gasteiger partial charge in [-0.25, -0.2) is 0 Å². The molecule has 42 valence electrons. The molecule has 0 unspecified atom stereocenters. The Balaban J connectivity index is 3.56. The van der Waals surface area contributed by atoms with E-state index < -0.39 is 8.07 Å². The highest BCUT2D eigenvalue weighted by Crippen LogP contribution is 1.99. The van der Waals surface area contributed by atoms with Gasteiger partial charge in [0, 0.05) is 0 Å². The van der Waals surface area contributed by atoms with Crippen LogP contribution in [-0.4, -0.2) is 8.07 Å². The van der Waals surface area contributed by atoms with E-state index in [1.54, 1.807) is 6.20 Å². The lowest BCUT2D eigenvalue weighted by Gasteiger charge is -2.05. The van der Waals surface area contributed by atoms with Crippen LogP contribution in [0.4, 0.5) is 0 Å². The molecule has 0 saturated heterocycles. The van der Waals surface area contributed by atoms with Crippen LogP contribution in [0.3, 0.4) is 0 Å². The summed E-state index contributed by atoms with van der Waals surface area (Å²) in [5.41, 5.74) is 7.27. The van der Waals surface area contributed by atoms with Crippen LogP contribution in [-0.2, 0) is 0 Å². The number of hydrogen-bond acceptors (Lipinski definition) is 1. The molecule has 0 radical (unpaired) electrons. The van der Waals surface area contributed by atoms with Gasteiger partial charge in [0.2, 0.25) is 0 Å². The first-order valence-electron chi connectivity index (χ1n) is 2.46. The number of rotatable bonds is 1. The number of nitrogens with two attached hydrogens (primary N) is 1. The van der Waals surface area contributed by atoms with E-state index in [4.69, 9.17) is 5.73 Å². The molecule has 0 bridgehead atoms.